The summed E-state index contributed by atoms with van der Waals surface area (Å²) in [5.74, 6) is 0.143. The molecular formula is C14H20N2O3S. The van der Waals surface area contributed by atoms with Crippen molar-refractivity contribution in [2.45, 2.75) is 25.5 Å². The predicted molar refractivity (Wildman–Crippen MR) is 80.5 cm³/mol. The number of benzene rings is 1. The maximum atomic E-state index is 11.9. The van der Waals surface area contributed by atoms with Crippen molar-refractivity contribution in [1.29, 1.82) is 0 Å². The molecular weight excluding hydrogens is 276 g/mol. The predicted octanol–water partition coefficient (Wildman–Crippen LogP) is 1.90. The molecule has 0 saturated carbocycles. The molecule has 0 fully saturated rings. The van der Waals surface area contributed by atoms with Crippen molar-refractivity contribution < 1.29 is 13.6 Å². The number of oxime groups is 1. The molecule has 0 aromatic heterocycles. The van der Waals surface area contributed by atoms with Gasteiger partial charge in [0, 0.05) is 30.8 Å². The average Bonchev–Trinajstić information content (AvgIpc) is 2.44. The fourth-order valence-corrected chi connectivity index (χ4v) is 3.24. The first-order chi connectivity index (χ1) is 9.45. The van der Waals surface area contributed by atoms with Crippen LogP contribution in [0.25, 0.3) is 0 Å². The summed E-state index contributed by atoms with van der Waals surface area (Å²) in [5.41, 5.74) is 2.47. The fourth-order valence-electron chi connectivity index (χ4n) is 2.30. The van der Waals surface area contributed by atoms with Gasteiger partial charge in [0.15, 0.2) is 9.84 Å². The molecule has 0 aliphatic carbocycles. The molecule has 0 saturated heterocycles. The number of anilines is 1. The Morgan fingerprint density at radius 3 is 2.70 bits per heavy atom. The van der Waals surface area contributed by atoms with Crippen molar-refractivity contribution >= 4 is 21.2 Å². The first-order valence-electron chi connectivity index (χ1n) is 6.72. The summed E-state index contributed by atoms with van der Waals surface area (Å²) >= 11 is 0. The zero-order chi connectivity index (χ0) is 14.8. The van der Waals surface area contributed by atoms with Crippen LogP contribution in [0.3, 0.4) is 0 Å². The van der Waals surface area contributed by atoms with Crippen LogP contribution in [-0.2, 0) is 9.84 Å². The molecule has 0 radical (unpaired) electrons. The first-order valence-corrected chi connectivity index (χ1v) is 8.44. The van der Waals surface area contributed by atoms with Gasteiger partial charge in [0.2, 0.25) is 0 Å². The van der Waals surface area contributed by atoms with Crippen LogP contribution in [0.4, 0.5) is 5.69 Å². The van der Waals surface area contributed by atoms with Gasteiger partial charge >= 0.3 is 0 Å². The second-order valence-corrected chi connectivity index (χ2v) is 7.89. The van der Waals surface area contributed by atoms with E-state index in [1.165, 1.54) is 0 Å². The van der Waals surface area contributed by atoms with Crippen LogP contribution in [-0.4, -0.2) is 43.4 Å². The van der Waals surface area contributed by atoms with Gasteiger partial charge in [-0.1, -0.05) is 23.4 Å². The molecule has 20 heavy (non-hydrogen) atoms. The van der Waals surface area contributed by atoms with Gasteiger partial charge in [-0.05, 0) is 19.9 Å². The monoisotopic (exact) mass is 296 g/mol. The highest BCUT2D eigenvalue weighted by atomic mass is 32.2. The van der Waals surface area contributed by atoms with E-state index < -0.39 is 9.84 Å². The molecule has 0 amide bonds. The third-order valence-corrected chi connectivity index (χ3v) is 5.85. The second kappa shape index (κ2) is 5.83. The van der Waals surface area contributed by atoms with E-state index in [1.807, 2.05) is 29.2 Å². The van der Waals surface area contributed by atoms with E-state index in [0.717, 1.165) is 11.3 Å². The van der Waals surface area contributed by atoms with Crippen molar-refractivity contribution in [1.82, 2.24) is 0 Å². The van der Waals surface area contributed by atoms with Crippen molar-refractivity contribution in [2.24, 2.45) is 5.16 Å². The Hall–Kier alpha value is -1.56. The highest BCUT2D eigenvalue weighted by Gasteiger charge is 2.24. The molecule has 110 valence electrons. The average molecular weight is 296 g/mol. The molecule has 1 aromatic rings. The summed E-state index contributed by atoms with van der Waals surface area (Å²) in [4.78, 5) is 2.05. The van der Waals surface area contributed by atoms with Crippen LogP contribution >= 0.6 is 0 Å². The largest absolute Gasteiger partial charge is 0.411 e. The zero-order valence-electron chi connectivity index (χ0n) is 11.8. The molecule has 0 spiro atoms. The Morgan fingerprint density at radius 1 is 1.35 bits per heavy atom. The van der Waals surface area contributed by atoms with E-state index in [-0.39, 0.29) is 11.0 Å². The molecule has 6 heteroatoms. The summed E-state index contributed by atoms with van der Waals surface area (Å²) in [7, 11) is -3.04. The van der Waals surface area contributed by atoms with Crippen LogP contribution in [0.2, 0.25) is 0 Å². The minimum absolute atomic E-state index is 0.143. The van der Waals surface area contributed by atoms with Gasteiger partial charge < -0.3 is 10.1 Å². The topological polar surface area (TPSA) is 70.0 Å². The van der Waals surface area contributed by atoms with Crippen LogP contribution in [0, 0.1) is 0 Å². The molecule has 1 aliphatic heterocycles. The smallest absolute Gasteiger partial charge is 0.154 e. The lowest BCUT2D eigenvalue weighted by atomic mass is 10.00. The van der Waals surface area contributed by atoms with Gasteiger partial charge in [-0.25, -0.2) is 8.42 Å². The standard InChI is InChI=1S/C14H20N2O3S/c1-11(2)20(18,19)10-9-16-8-7-13(15-17)12-5-3-4-6-14(12)16/h3-6,11,17H,7-10H2,1-2H3/b15-13-. The maximum absolute atomic E-state index is 11.9. The molecule has 0 unspecified atom stereocenters. The molecule has 2 rings (SSSR count). The number of nitrogens with zero attached hydrogens (tertiary/aromatic N) is 2. The quantitative estimate of drug-likeness (QED) is 0.680. The number of para-hydroxylation sites is 1. The Morgan fingerprint density at radius 2 is 2.05 bits per heavy atom. The minimum atomic E-state index is -3.04. The number of rotatable bonds is 4. The molecule has 0 bridgehead atoms. The molecule has 5 nitrogen and oxygen atoms in total. The maximum Gasteiger partial charge on any atom is 0.154 e. The number of fused-ring (bicyclic) bond motifs is 1. The lowest BCUT2D eigenvalue weighted by Crippen LogP contribution is -2.37. The van der Waals surface area contributed by atoms with Crippen molar-refractivity contribution in [3.05, 3.63) is 29.8 Å². The Balaban J connectivity index is 2.20. The van der Waals surface area contributed by atoms with Gasteiger partial charge in [0.05, 0.1) is 16.7 Å². The summed E-state index contributed by atoms with van der Waals surface area (Å²) < 4.78 is 23.8. The lowest BCUT2D eigenvalue weighted by molar-refractivity contribution is 0.318. The molecule has 0 atom stereocenters. The van der Waals surface area contributed by atoms with Crippen LogP contribution < -0.4 is 4.90 Å². The van der Waals surface area contributed by atoms with Crippen LogP contribution in [0.1, 0.15) is 25.8 Å². The summed E-state index contributed by atoms with van der Waals surface area (Å²) in [5, 5.41) is 12.0. The van der Waals surface area contributed by atoms with E-state index in [9.17, 15) is 8.42 Å². The van der Waals surface area contributed by atoms with Crippen LogP contribution in [0.15, 0.2) is 29.4 Å². The minimum Gasteiger partial charge on any atom is -0.411 e. The van der Waals surface area contributed by atoms with E-state index in [4.69, 9.17) is 5.21 Å². The number of sulfone groups is 1. The summed E-state index contributed by atoms with van der Waals surface area (Å²) in [6, 6.07) is 7.62. The van der Waals surface area contributed by atoms with Crippen molar-refractivity contribution in [3.63, 3.8) is 0 Å². The number of hydrogen-bond acceptors (Lipinski definition) is 5. The highest BCUT2D eigenvalue weighted by molar-refractivity contribution is 7.92. The van der Waals surface area contributed by atoms with Gasteiger partial charge in [-0.15, -0.1) is 0 Å². The third-order valence-electron chi connectivity index (χ3n) is 3.66. The Labute approximate surface area is 119 Å². The van der Waals surface area contributed by atoms with E-state index in [2.05, 4.69) is 5.16 Å². The highest BCUT2D eigenvalue weighted by Crippen LogP contribution is 2.27. The summed E-state index contributed by atoms with van der Waals surface area (Å²) in [6.07, 6.45) is 0.620. The van der Waals surface area contributed by atoms with Crippen molar-refractivity contribution in [2.75, 3.05) is 23.7 Å². The number of hydrogen-bond donors (Lipinski definition) is 1. The molecule has 1 aliphatic rings. The summed E-state index contributed by atoms with van der Waals surface area (Å²) in [6.45, 7) is 4.55. The van der Waals surface area contributed by atoms with Gasteiger partial charge in [-0.2, -0.15) is 0 Å². The SMILES string of the molecule is CC(C)S(=O)(=O)CCN1CC/C(=N/O)c2ccccc21. The normalized spacial score (nSPS) is 17.6. The van der Waals surface area contributed by atoms with Crippen molar-refractivity contribution in [3.8, 4) is 0 Å². The van der Waals surface area contributed by atoms with E-state index >= 15 is 0 Å². The van der Waals surface area contributed by atoms with E-state index in [0.29, 0.717) is 25.2 Å². The lowest BCUT2D eigenvalue weighted by Gasteiger charge is -2.31. The first kappa shape index (κ1) is 14.8. The molecule has 1 aromatic carbocycles. The van der Waals surface area contributed by atoms with Gasteiger partial charge in [0.25, 0.3) is 0 Å². The molecule has 1 N–H and O–H groups in total. The second-order valence-electron chi connectivity index (χ2n) is 5.22. The fraction of sp³-hybridized carbons (Fsp3) is 0.500. The Kier molecular flexibility index (Phi) is 4.32. The van der Waals surface area contributed by atoms with Gasteiger partial charge in [0.1, 0.15) is 0 Å². The van der Waals surface area contributed by atoms with Crippen LogP contribution in [0.5, 0.6) is 0 Å². The molecule has 1 heterocycles. The van der Waals surface area contributed by atoms with Gasteiger partial charge in [-0.3, -0.25) is 0 Å². The third kappa shape index (κ3) is 2.95. The zero-order valence-corrected chi connectivity index (χ0v) is 12.6. The van der Waals surface area contributed by atoms with E-state index in [1.54, 1.807) is 13.8 Å². The Bertz CT molecular complexity index is 609.